The van der Waals surface area contributed by atoms with Crippen molar-refractivity contribution in [2.75, 3.05) is 0 Å². The first-order valence-electron chi connectivity index (χ1n) is 12.6. The zero-order valence-corrected chi connectivity index (χ0v) is 19.7. The number of rotatable bonds is 20. The van der Waals surface area contributed by atoms with Gasteiger partial charge in [-0.15, -0.1) is 0 Å². The van der Waals surface area contributed by atoms with E-state index in [4.69, 9.17) is 10.2 Å². The minimum Gasteiger partial charge on any atom is -0.481 e. The maximum atomic E-state index is 10.6. The van der Waals surface area contributed by atoms with Gasteiger partial charge in [0.2, 0.25) is 0 Å². The van der Waals surface area contributed by atoms with Crippen LogP contribution in [0.1, 0.15) is 120 Å². The summed E-state index contributed by atoms with van der Waals surface area (Å²) in [5, 5.41) is 17.4. The molecule has 176 valence electrons. The van der Waals surface area contributed by atoms with Crippen LogP contribution in [0.3, 0.4) is 0 Å². The highest BCUT2D eigenvalue weighted by Crippen LogP contribution is 2.20. The molecule has 0 unspecified atom stereocenters. The quantitative estimate of drug-likeness (QED) is 0.211. The molecule has 0 fully saturated rings. The van der Waals surface area contributed by atoms with Gasteiger partial charge in [-0.2, -0.15) is 0 Å². The van der Waals surface area contributed by atoms with Crippen LogP contribution in [0.2, 0.25) is 0 Å². The number of carboxylic acids is 2. The number of aliphatic carboxylic acids is 2. The van der Waals surface area contributed by atoms with Crippen LogP contribution in [-0.2, 0) is 28.9 Å². The second kappa shape index (κ2) is 17.8. The summed E-state index contributed by atoms with van der Waals surface area (Å²) in [6, 6.07) is 7.09. The predicted octanol–water partition coefficient (Wildman–Crippen LogP) is 7.35. The van der Waals surface area contributed by atoms with Gasteiger partial charge in [0.1, 0.15) is 0 Å². The number of aryl methyl sites for hydroxylation is 3. The van der Waals surface area contributed by atoms with E-state index < -0.39 is 11.9 Å². The first-order valence-corrected chi connectivity index (χ1v) is 12.6. The lowest BCUT2D eigenvalue weighted by atomic mass is 9.93. The highest BCUT2D eigenvalue weighted by molar-refractivity contribution is 5.66. The standard InChI is InChI=1S/C27H44O4/c1-2-3-10-15-23-20-21-24(16-11-6-4-8-13-18-26(28)29)25(22-23)17-12-7-5-9-14-19-27(30)31/h20-22H,2-19H2,1H3,(H,28,29)(H,30,31). The Bertz CT molecular complexity index is 624. The third-order valence-corrected chi connectivity index (χ3v) is 6.01. The molecule has 1 aromatic rings. The van der Waals surface area contributed by atoms with E-state index in [0.29, 0.717) is 12.8 Å². The third kappa shape index (κ3) is 14.7. The molecule has 0 amide bonds. The highest BCUT2D eigenvalue weighted by atomic mass is 16.4. The molecule has 0 heterocycles. The maximum absolute atomic E-state index is 10.6. The van der Waals surface area contributed by atoms with E-state index in [9.17, 15) is 9.59 Å². The summed E-state index contributed by atoms with van der Waals surface area (Å²) >= 11 is 0. The molecule has 1 aromatic carbocycles. The normalized spacial score (nSPS) is 11.0. The summed E-state index contributed by atoms with van der Waals surface area (Å²) < 4.78 is 0. The molecule has 0 aromatic heterocycles. The van der Waals surface area contributed by atoms with E-state index in [0.717, 1.165) is 51.4 Å². The number of unbranched alkanes of at least 4 members (excludes halogenated alkanes) is 10. The van der Waals surface area contributed by atoms with E-state index in [1.807, 2.05) is 0 Å². The summed E-state index contributed by atoms with van der Waals surface area (Å²) in [7, 11) is 0. The van der Waals surface area contributed by atoms with Crippen LogP contribution in [0.25, 0.3) is 0 Å². The van der Waals surface area contributed by atoms with Gasteiger partial charge in [-0.3, -0.25) is 9.59 Å². The molecule has 31 heavy (non-hydrogen) atoms. The van der Waals surface area contributed by atoms with E-state index in [1.54, 1.807) is 0 Å². The van der Waals surface area contributed by atoms with Crippen molar-refractivity contribution in [3.8, 4) is 0 Å². The van der Waals surface area contributed by atoms with Gasteiger partial charge in [-0.05, 0) is 68.1 Å². The molecule has 0 atom stereocenters. The van der Waals surface area contributed by atoms with Crippen LogP contribution < -0.4 is 0 Å². The van der Waals surface area contributed by atoms with Gasteiger partial charge in [-0.1, -0.05) is 76.5 Å². The monoisotopic (exact) mass is 432 g/mol. The van der Waals surface area contributed by atoms with Crippen molar-refractivity contribution in [1.29, 1.82) is 0 Å². The molecule has 2 N–H and O–H groups in total. The number of carboxylic acid groups (broad SMARTS) is 2. The average Bonchev–Trinajstić information content (AvgIpc) is 2.73. The summed E-state index contributed by atoms with van der Waals surface area (Å²) in [6.07, 6.45) is 18.3. The molecule has 0 spiro atoms. The topological polar surface area (TPSA) is 74.6 Å². The van der Waals surface area contributed by atoms with Gasteiger partial charge >= 0.3 is 11.9 Å². The average molecular weight is 433 g/mol. The lowest BCUT2D eigenvalue weighted by Gasteiger charge is -2.13. The fourth-order valence-electron chi connectivity index (χ4n) is 4.13. The lowest BCUT2D eigenvalue weighted by molar-refractivity contribution is -0.138. The lowest BCUT2D eigenvalue weighted by Crippen LogP contribution is -1.99. The molecule has 0 bridgehead atoms. The van der Waals surface area contributed by atoms with Gasteiger partial charge in [0, 0.05) is 12.8 Å². The van der Waals surface area contributed by atoms with Crippen molar-refractivity contribution in [2.45, 2.75) is 122 Å². The van der Waals surface area contributed by atoms with Crippen molar-refractivity contribution in [3.63, 3.8) is 0 Å². The molecule has 4 heteroatoms. The van der Waals surface area contributed by atoms with Crippen molar-refractivity contribution in [3.05, 3.63) is 34.9 Å². The smallest absolute Gasteiger partial charge is 0.303 e. The van der Waals surface area contributed by atoms with Crippen molar-refractivity contribution in [1.82, 2.24) is 0 Å². The first-order chi connectivity index (χ1) is 15.0. The zero-order chi connectivity index (χ0) is 22.7. The molecule has 1 rings (SSSR count). The van der Waals surface area contributed by atoms with Crippen molar-refractivity contribution in [2.24, 2.45) is 0 Å². The Kier molecular flexibility index (Phi) is 15.6. The Morgan fingerprint density at radius 1 is 0.613 bits per heavy atom. The Balaban J connectivity index is 2.44. The van der Waals surface area contributed by atoms with Gasteiger partial charge < -0.3 is 10.2 Å². The van der Waals surface area contributed by atoms with Crippen molar-refractivity contribution >= 4 is 11.9 Å². The molecule has 0 saturated heterocycles. The van der Waals surface area contributed by atoms with Crippen molar-refractivity contribution < 1.29 is 19.8 Å². The van der Waals surface area contributed by atoms with E-state index >= 15 is 0 Å². The van der Waals surface area contributed by atoms with E-state index in [1.165, 1.54) is 68.1 Å². The van der Waals surface area contributed by atoms with E-state index in [2.05, 4.69) is 25.1 Å². The summed E-state index contributed by atoms with van der Waals surface area (Å²) in [5.41, 5.74) is 4.45. The minimum atomic E-state index is -0.689. The number of carbonyl (C=O) groups is 2. The summed E-state index contributed by atoms with van der Waals surface area (Å²) in [5.74, 6) is -1.38. The molecule has 0 aliphatic heterocycles. The van der Waals surface area contributed by atoms with Crippen LogP contribution >= 0.6 is 0 Å². The molecule has 0 saturated carbocycles. The van der Waals surface area contributed by atoms with Gasteiger partial charge in [0.05, 0.1) is 0 Å². The fraction of sp³-hybridized carbons (Fsp3) is 0.704. The van der Waals surface area contributed by atoms with Gasteiger partial charge in [0.15, 0.2) is 0 Å². The second-order valence-corrected chi connectivity index (χ2v) is 8.88. The van der Waals surface area contributed by atoms with Crippen LogP contribution in [0.5, 0.6) is 0 Å². The summed E-state index contributed by atoms with van der Waals surface area (Å²) in [4.78, 5) is 21.2. The first kappa shape index (κ1) is 27.2. The Morgan fingerprint density at radius 3 is 1.65 bits per heavy atom. The molecule has 4 nitrogen and oxygen atoms in total. The largest absolute Gasteiger partial charge is 0.481 e. The summed E-state index contributed by atoms with van der Waals surface area (Å²) in [6.45, 7) is 2.24. The maximum Gasteiger partial charge on any atom is 0.303 e. The minimum absolute atomic E-state index is 0.292. The third-order valence-electron chi connectivity index (χ3n) is 6.01. The van der Waals surface area contributed by atoms with Gasteiger partial charge in [0.25, 0.3) is 0 Å². The molecule has 0 radical (unpaired) electrons. The SMILES string of the molecule is CCCCCc1ccc(CCCCCCCC(=O)O)c(CCCCCCCC(=O)O)c1. The number of benzene rings is 1. The van der Waals surface area contributed by atoms with Gasteiger partial charge in [-0.25, -0.2) is 0 Å². The zero-order valence-electron chi connectivity index (χ0n) is 19.7. The second-order valence-electron chi connectivity index (χ2n) is 8.88. The van der Waals surface area contributed by atoms with Crippen LogP contribution in [-0.4, -0.2) is 22.2 Å². The van der Waals surface area contributed by atoms with Crippen LogP contribution in [0.4, 0.5) is 0 Å². The fourth-order valence-corrected chi connectivity index (χ4v) is 4.13. The Morgan fingerprint density at radius 2 is 1.10 bits per heavy atom. The van der Waals surface area contributed by atoms with E-state index in [-0.39, 0.29) is 0 Å². The predicted molar refractivity (Wildman–Crippen MR) is 128 cm³/mol. The molecule has 0 aliphatic rings. The molecule has 0 aliphatic carbocycles. The van der Waals surface area contributed by atoms with Crippen LogP contribution in [0.15, 0.2) is 18.2 Å². The van der Waals surface area contributed by atoms with Crippen LogP contribution in [0, 0.1) is 0 Å². The molecular formula is C27H44O4. The number of hydrogen-bond donors (Lipinski definition) is 2. The Labute approximate surface area is 189 Å². The number of hydrogen-bond acceptors (Lipinski definition) is 2. The Hall–Kier alpha value is -1.84. The molecular weight excluding hydrogens is 388 g/mol. The highest BCUT2D eigenvalue weighted by Gasteiger charge is 2.06.